The van der Waals surface area contributed by atoms with Crippen LogP contribution in [0.4, 0.5) is 10.5 Å². The Morgan fingerprint density at radius 3 is 2.54 bits per heavy atom. The molecule has 4 amide bonds. The van der Waals surface area contributed by atoms with Crippen molar-refractivity contribution in [3.8, 4) is 0 Å². The third kappa shape index (κ3) is 3.48. The molecule has 0 bridgehead atoms. The number of benzene rings is 2. The smallest absolute Gasteiger partial charge is 0.324 e. The number of nitrogens with one attached hydrogen (secondary N) is 2. The number of imide groups is 1. The summed E-state index contributed by atoms with van der Waals surface area (Å²) in [5.41, 5.74) is 1.13. The number of halogens is 1. The van der Waals surface area contributed by atoms with Crippen LogP contribution in [0.3, 0.4) is 0 Å². The molecule has 1 fully saturated rings. The maximum absolute atomic E-state index is 12.8. The van der Waals surface area contributed by atoms with Crippen molar-refractivity contribution < 1.29 is 14.4 Å². The fourth-order valence-corrected chi connectivity index (χ4v) is 3.23. The lowest BCUT2D eigenvalue weighted by Crippen LogP contribution is -2.42. The third-order valence-corrected chi connectivity index (χ3v) is 4.81. The van der Waals surface area contributed by atoms with E-state index in [0.717, 1.165) is 14.9 Å². The van der Waals surface area contributed by atoms with Crippen LogP contribution in [0, 0.1) is 6.92 Å². The summed E-state index contributed by atoms with van der Waals surface area (Å²) in [5, 5.41) is 5.38. The molecule has 26 heavy (non-hydrogen) atoms. The predicted octanol–water partition coefficient (Wildman–Crippen LogP) is 3.16. The maximum atomic E-state index is 12.8. The largest absolute Gasteiger partial charge is 0.325 e. The van der Waals surface area contributed by atoms with Crippen molar-refractivity contribution in [2.45, 2.75) is 19.4 Å². The minimum absolute atomic E-state index is 0.349. The van der Waals surface area contributed by atoms with Gasteiger partial charge in [0.25, 0.3) is 5.91 Å². The predicted molar refractivity (Wildman–Crippen MR) is 102 cm³/mol. The first-order valence-corrected chi connectivity index (χ1v) is 8.85. The van der Waals surface area contributed by atoms with Crippen LogP contribution in [0.15, 0.2) is 53.0 Å². The quantitative estimate of drug-likeness (QED) is 0.752. The summed E-state index contributed by atoms with van der Waals surface area (Å²) in [4.78, 5) is 38.3. The molecule has 6 nitrogen and oxygen atoms in total. The van der Waals surface area contributed by atoms with Crippen molar-refractivity contribution in [3.05, 3.63) is 64.1 Å². The van der Waals surface area contributed by atoms with E-state index in [1.54, 1.807) is 37.3 Å². The summed E-state index contributed by atoms with van der Waals surface area (Å²) >= 11 is 3.33. The van der Waals surface area contributed by atoms with Gasteiger partial charge in [0.2, 0.25) is 5.91 Å². The summed E-state index contributed by atoms with van der Waals surface area (Å²) in [5.74, 6) is -0.893. The zero-order valence-corrected chi connectivity index (χ0v) is 16.0. The van der Waals surface area contributed by atoms with Gasteiger partial charge in [-0.15, -0.1) is 0 Å². The van der Waals surface area contributed by atoms with E-state index >= 15 is 0 Å². The summed E-state index contributed by atoms with van der Waals surface area (Å²) in [6, 6.07) is 13.9. The lowest BCUT2D eigenvalue weighted by Gasteiger charge is -2.22. The molecule has 2 aromatic carbocycles. The van der Waals surface area contributed by atoms with E-state index in [1.807, 2.05) is 25.1 Å². The van der Waals surface area contributed by atoms with Crippen LogP contribution < -0.4 is 10.6 Å². The van der Waals surface area contributed by atoms with Crippen LogP contribution in [0.1, 0.15) is 18.1 Å². The standard InChI is InChI=1S/C19H18BrN3O3/c1-12-6-8-13(9-7-12)19(2)17(25)23(18(26)22-19)11-16(24)21-15-5-3-4-14(20)10-15/h3-10H,11H2,1-2H3,(H,21,24)(H,22,26)/t19-/m0/s1. The molecule has 1 aliphatic heterocycles. The van der Waals surface area contributed by atoms with Crippen molar-refractivity contribution in [3.63, 3.8) is 0 Å². The van der Waals surface area contributed by atoms with Crippen molar-refractivity contribution >= 4 is 39.5 Å². The fourth-order valence-electron chi connectivity index (χ4n) is 2.83. The lowest BCUT2D eigenvalue weighted by atomic mass is 9.91. The number of hydrogen-bond donors (Lipinski definition) is 2. The Hall–Kier alpha value is -2.67. The van der Waals surface area contributed by atoms with E-state index in [-0.39, 0.29) is 6.54 Å². The van der Waals surface area contributed by atoms with Gasteiger partial charge in [0.1, 0.15) is 12.1 Å². The number of carbonyl (C=O) groups excluding carboxylic acids is 3. The Morgan fingerprint density at radius 2 is 1.88 bits per heavy atom. The molecule has 2 aromatic rings. The topological polar surface area (TPSA) is 78.5 Å². The highest BCUT2D eigenvalue weighted by Crippen LogP contribution is 2.29. The summed E-state index contributed by atoms with van der Waals surface area (Å²) in [6.45, 7) is 3.24. The Labute approximate surface area is 159 Å². The first-order valence-electron chi connectivity index (χ1n) is 8.06. The SMILES string of the molecule is Cc1ccc([C@]2(C)NC(=O)N(CC(=O)Nc3cccc(Br)c3)C2=O)cc1. The molecule has 1 saturated heterocycles. The normalized spacial score (nSPS) is 19.4. The highest BCUT2D eigenvalue weighted by Gasteiger charge is 2.49. The number of urea groups is 1. The molecule has 3 rings (SSSR count). The van der Waals surface area contributed by atoms with Crippen LogP contribution >= 0.6 is 15.9 Å². The van der Waals surface area contributed by atoms with E-state index in [2.05, 4.69) is 26.6 Å². The minimum atomic E-state index is -1.18. The highest BCUT2D eigenvalue weighted by molar-refractivity contribution is 9.10. The maximum Gasteiger partial charge on any atom is 0.325 e. The fraction of sp³-hybridized carbons (Fsp3) is 0.211. The molecule has 0 aliphatic carbocycles. The van der Waals surface area contributed by atoms with Crippen LogP contribution in [0.5, 0.6) is 0 Å². The molecular formula is C19H18BrN3O3. The molecular weight excluding hydrogens is 398 g/mol. The molecule has 0 radical (unpaired) electrons. The molecule has 7 heteroatoms. The van der Waals surface area contributed by atoms with Crippen molar-refractivity contribution in [1.29, 1.82) is 0 Å². The van der Waals surface area contributed by atoms with Gasteiger partial charge in [0, 0.05) is 10.2 Å². The highest BCUT2D eigenvalue weighted by atomic mass is 79.9. The zero-order valence-electron chi connectivity index (χ0n) is 14.4. The number of anilines is 1. The summed E-state index contributed by atoms with van der Waals surface area (Å²) in [6.07, 6.45) is 0. The first-order chi connectivity index (χ1) is 12.3. The van der Waals surface area contributed by atoms with Gasteiger partial charge in [0.15, 0.2) is 0 Å². The monoisotopic (exact) mass is 415 g/mol. The Morgan fingerprint density at radius 1 is 1.19 bits per heavy atom. The van der Waals surface area contributed by atoms with E-state index in [9.17, 15) is 14.4 Å². The molecule has 0 unspecified atom stereocenters. The molecule has 0 aromatic heterocycles. The van der Waals surface area contributed by atoms with Crippen molar-refractivity contribution in [2.75, 3.05) is 11.9 Å². The molecule has 0 saturated carbocycles. The zero-order chi connectivity index (χ0) is 18.9. The van der Waals surface area contributed by atoms with Gasteiger partial charge in [-0.05, 0) is 37.6 Å². The second kappa shape index (κ2) is 6.92. The lowest BCUT2D eigenvalue weighted by molar-refractivity contribution is -0.133. The van der Waals surface area contributed by atoms with Gasteiger partial charge in [-0.25, -0.2) is 4.79 Å². The molecule has 134 valence electrons. The summed E-state index contributed by atoms with van der Waals surface area (Å²) in [7, 11) is 0. The molecule has 1 heterocycles. The average Bonchev–Trinajstić information content (AvgIpc) is 2.79. The average molecular weight is 416 g/mol. The number of amides is 4. The Kier molecular flexibility index (Phi) is 4.82. The molecule has 1 aliphatic rings. The second-order valence-electron chi connectivity index (χ2n) is 6.37. The van der Waals surface area contributed by atoms with E-state index in [1.165, 1.54) is 0 Å². The van der Waals surface area contributed by atoms with Crippen LogP contribution in [-0.2, 0) is 15.1 Å². The number of nitrogens with zero attached hydrogens (tertiary/aromatic N) is 1. The van der Waals surface area contributed by atoms with Gasteiger partial charge in [-0.3, -0.25) is 14.5 Å². The number of aryl methyl sites for hydroxylation is 1. The van der Waals surface area contributed by atoms with Crippen LogP contribution in [0.25, 0.3) is 0 Å². The number of carbonyl (C=O) groups is 3. The van der Waals surface area contributed by atoms with Gasteiger partial charge in [-0.1, -0.05) is 51.8 Å². The van der Waals surface area contributed by atoms with E-state index in [4.69, 9.17) is 0 Å². The first kappa shape index (κ1) is 18.1. The van der Waals surface area contributed by atoms with Gasteiger partial charge in [0.05, 0.1) is 0 Å². The van der Waals surface area contributed by atoms with Crippen LogP contribution in [-0.4, -0.2) is 29.3 Å². The minimum Gasteiger partial charge on any atom is -0.324 e. The van der Waals surface area contributed by atoms with Gasteiger partial charge >= 0.3 is 6.03 Å². The summed E-state index contributed by atoms with van der Waals surface area (Å²) < 4.78 is 0.817. The van der Waals surface area contributed by atoms with E-state index in [0.29, 0.717) is 11.3 Å². The second-order valence-corrected chi connectivity index (χ2v) is 7.29. The third-order valence-electron chi connectivity index (χ3n) is 4.31. The van der Waals surface area contributed by atoms with Crippen molar-refractivity contribution in [2.24, 2.45) is 0 Å². The Balaban J connectivity index is 1.74. The number of hydrogen-bond acceptors (Lipinski definition) is 3. The molecule has 0 spiro atoms. The van der Waals surface area contributed by atoms with Crippen LogP contribution in [0.2, 0.25) is 0 Å². The molecule has 1 atom stereocenters. The number of rotatable bonds is 4. The van der Waals surface area contributed by atoms with Gasteiger partial charge < -0.3 is 10.6 Å². The Bertz CT molecular complexity index is 882. The van der Waals surface area contributed by atoms with Gasteiger partial charge in [-0.2, -0.15) is 0 Å². The molecule has 2 N–H and O–H groups in total. The van der Waals surface area contributed by atoms with E-state index < -0.39 is 23.4 Å². The van der Waals surface area contributed by atoms with Crippen molar-refractivity contribution in [1.82, 2.24) is 10.2 Å².